The lowest BCUT2D eigenvalue weighted by atomic mass is 10.1. The molecule has 0 unspecified atom stereocenters. The molecule has 208 valence electrons. The molecule has 1 N–H and O–H groups in total. The van der Waals surface area contributed by atoms with Crippen LogP contribution in [-0.2, 0) is 26.0 Å². The van der Waals surface area contributed by atoms with Gasteiger partial charge in [0.15, 0.2) is 0 Å². The molecule has 8 nitrogen and oxygen atoms in total. The predicted molar refractivity (Wildman–Crippen MR) is 153 cm³/mol. The Morgan fingerprint density at radius 2 is 1.51 bits per heavy atom. The van der Waals surface area contributed by atoms with Crippen LogP contribution in [0.25, 0.3) is 0 Å². The number of anilines is 1. The van der Waals surface area contributed by atoms with Crippen LogP contribution in [-0.4, -0.2) is 57.4 Å². The number of ether oxygens (including phenoxy) is 1. The molecule has 0 saturated heterocycles. The van der Waals surface area contributed by atoms with Crippen molar-refractivity contribution in [3.63, 3.8) is 0 Å². The normalized spacial score (nSPS) is 12.1. The minimum Gasteiger partial charge on any atom is -0.497 e. The summed E-state index contributed by atoms with van der Waals surface area (Å²) in [4.78, 5) is 28.3. The van der Waals surface area contributed by atoms with E-state index in [-0.39, 0.29) is 23.4 Å². The highest BCUT2D eigenvalue weighted by Crippen LogP contribution is 2.26. The van der Waals surface area contributed by atoms with Gasteiger partial charge in [-0.3, -0.25) is 13.9 Å². The van der Waals surface area contributed by atoms with Gasteiger partial charge in [0, 0.05) is 12.6 Å². The summed E-state index contributed by atoms with van der Waals surface area (Å²) in [5, 5.41) is 2.86. The van der Waals surface area contributed by atoms with E-state index in [1.165, 1.54) is 24.1 Å². The molecule has 0 spiro atoms. The van der Waals surface area contributed by atoms with Crippen molar-refractivity contribution < 1.29 is 22.7 Å². The summed E-state index contributed by atoms with van der Waals surface area (Å²) in [5.41, 5.74) is 2.32. The minimum absolute atomic E-state index is 0.0260. The number of sulfonamides is 1. The van der Waals surface area contributed by atoms with Crippen LogP contribution in [0.2, 0.25) is 0 Å². The Bertz CT molecular complexity index is 1340. The van der Waals surface area contributed by atoms with Crippen LogP contribution >= 0.6 is 0 Å². The Labute approximate surface area is 231 Å². The summed E-state index contributed by atoms with van der Waals surface area (Å²) in [6, 6.07) is 21.7. The van der Waals surface area contributed by atoms with Crippen molar-refractivity contribution in [3.05, 3.63) is 90.0 Å². The molecule has 2 amide bonds. The van der Waals surface area contributed by atoms with Crippen LogP contribution in [0.3, 0.4) is 0 Å². The maximum Gasteiger partial charge on any atom is 0.264 e. The van der Waals surface area contributed by atoms with Crippen molar-refractivity contribution in [1.29, 1.82) is 0 Å². The average molecular weight is 552 g/mol. The van der Waals surface area contributed by atoms with Crippen LogP contribution in [0, 0.1) is 6.92 Å². The van der Waals surface area contributed by atoms with Gasteiger partial charge >= 0.3 is 0 Å². The molecule has 0 aromatic heterocycles. The third-order valence-electron chi connectivity index (χ3n) is 6.33. The predicted octanol–water partition coefficient (Wildman–Crippen LogP) is 4.18. The molecule has 0 fully saturated rings. The van der Waals surface area contributed by atoms with E-state index in [4.69, 9.17) is 4.74 Å². The standard InChI is InChI=1S/C30H37N3O5S/c1-22(2)31-30(35)24(4)32(20-19-25-9-7-6-8-10-25)29(34)21-33(26-13-11-23(3)12-14-26)39(36,37)28-17-15-27(38-5)16-18-28/h6-18,22,24H,19-21H2,1-5H3,(H,31,35)/t24-/m1/s1. The third kappa shape index (κ3) is 7.83. The molecule has 1 atom stereocenters. The van der Waals surface area contributed by atoms with Crippen molar-refractivity contribution in [2.75, 3.05) is 24.5 Å². The summed E-state index contributed by atoms with van der Waals surface area (Å²) >= 11 is 0. The average Bonchev–Trinajstić information content (AvgIpc) is 2.92. The molecule has 0 saturated carbocycles. The van der Waals surface area contributed by atoms with Crippen molar-refractivity contribution in [3.8, 4) is 5.75 Å². The van der Waals surface area contributed by atoms with E-state index in [1.807, 2.05) is 51.1 Å². The second-order valence-corrected chi connectivity index (χ2v) is 11.5. The van der Waals surface area contributed by atoms with Gasteiger partial charge in [-0.05, 0) is 76.1 Å². The van der Waals surface area contributed by atoms with Crippen LogP contribution in [0.4, 0.5) is 5.69 Å². The summed E-state index contributed by atoms with van der Waals surface area (Å²) in [5.74, 6) is -0.259. The molecule has 0 aliphatic heterocycles. The molecule has 3 aromatic carbocycles. The van der Waals surface area contributed by atoms with E-state index < -0.39 is 28.5 Å². The SMILES string of the molecule is COc1ccc(S(=O)(=O)N(CC(=O)N(CCc2ccccc2)[C@H](C)C(=O)NC(C)C)c2ccc(C)cc2)cc1. The lowest BCUT2D eigenvalue weighted by molar-refractivity contribution is -0.139. The second kappa shape index (κ2) is 13.3. The van der Waals surface area contributed by atoms with Gasteiger partial charge in [0.25, 0.3) is 10.0 Å². The number of aryl methyl sites for hydroxylation is 1. The Kier molecular flexibility index (Phi) is 10.1. The highest BCUT2D eigenvalue weighted by molar-refractivity contribution is 7.92. The molecule has 3 rings (SSSR count). The van der Waals surface area contributed by atoms with E-state index in [2.05, 4.69) is 5.32 Å². The van der Waals surface area contributed by atoms with Gasteiger partial charge in [0.2, 0.25) is 11.8 Å². The second-order valence-electron chi connectivity index (χ2n) is 9.68. The number of methoxy groups -OCH3 is 1. The van der Waals surface area contributed by atoms with E-state index in [0.717, 1.165) is 15.4 Å². The minimum atomic E-state index is -4.12. The van der Waals surface area contributed by atoms with Crippen molar-refractivity contribution in [1.82, 2.24) is 10.2 Å². The van der Waals surface area contributed by atoms with E-state index in [9.17, 15) is 18.0 Å². The van der Waals surface area contributed by atoms with Crippen LogP contribution in [0.5, 0.6) is 5.75 Å². The number of carbonyl (C=O) groups excluding carboxylic acids is 2. The number of carbonyl (C=O) groups is 2. The fourth-order valence-corrected chi connectivity index (χ4v) is 5.50. The van der Waals surface area contributed by atoms with Gasteiger partial charge in [-0.2, -0.15) is 0 Å². The fourth-order valence-electron chi connectivity index (χ4n) is 4.09. The summed E-state index contributed by atoms with van der Waals surface area (Å²) in [7, 11) is -2.62. The van der Waals surface area contributed by atoms with E-state index in [0.29, 0.717) is 17.9 Å². The Morgan fingerprint density at radius 1 is 0.897 bits per heavy atom. The number of hydrogen-bond donors (Lipinski definition) is 1. The number of hydrogen-bond acceptors (Lipinski definition) is 5. The molecular formula is C30H37N3O5S. The van der Waals surface area contributed by atoms with Crippen LogP contribution in [0.15, 0.2) is 83.8 Å². The number of amides is 2. The first-order valence-corrected chi connectivity index (χ1v) is 14.3. The highest BCUT2D eigenvalue weighted by Gasteiger charge is 2.32. The summed E-state index contributed by atoms with van der Waals surface area (Å²) in [6.45, 7) is 7.04. The van der Waals surface area contributed by atoms with Gasteiger partial charge in [-0.1, -0.05) is 48.0 Å². The maximum absolute atomic E-state index is 13.8. The third-order valence-corrected chi connectivity index (χ3v) is 8.12. The first kappa shape index (κ1) is 29.7. The fraction of sp³-hybridized carbons (Fsp3) is 0.333. The molecule has 0 aliphatic rings. The van der Waals surface area contributed by atoms with Gasteiger partial charge in [-0.15, -0.1) is 0 Å². The van der Waals surface area contributed by atoms with Crippen molar-refractivity contribution >= 4 is 27.5 Å². The van der Waals surface area contributed by atoms with Gasteiger partial charge < -0.3 is 15.0 Å². The van der Waals surface area contributed by atoms with Gasteiger partial charge in [-0.25, -0.2) is 8.42 Å². The summed E-state index contributed by atoms with van der Waals surface area (Å²) < 4.78 is 33.9. The van der Waals surface area contributed by atoms with E-state index in [1.54, 1.807) is 43.3 Å². The molecule has 0 aliphatic carbocycles. The molecule has 0 heterocycles. The number of nitrogens with one attached hydrogen (secondary N) is 1. The lowest BCUT2D eigenvalue weighted by Crippen LogP contribution is -2.53. The van der Waals surface area contributed by atoms with Crippen LogP contribution < -0.4 is 14.4 Å². The molecule has 0 radical (unpaired) electrons. The Balaban J connectivity index is 1.97. The lowest BCUT2D eigenvalue weighted by Gasteiger charge is -2.32. The number of benzene rings is 3. The van der Waals surface area contributed by atoms with Crippen molar-refractivity contribution in [2.45, 2.75) is 51.1 Å². The number of nitrogens with zero attached hydrogens (tertiary/aromatic N) is 2. The summed E-state index contributed by atoms with van der Waals surface area (Å²) in [6.07, 6.45) is 0.516. The monoisotopic (exact) mass is 551 g/mol. The number of rotatable bonds is 12. The van der Waals surface area contributed by atoms with Gasteiger partial charge in [0.05, 0.1) is 17.7 Å². The van der Waals surface area contributed by atoms with Crippen LogP contribution in [0.1, 0.15) is 31.9 Å². The highest BCUT2D eigenvalue weighted by atomic mass is 32.2. The maximum atomic E-state index is 13.8. The zero-order chi connectivity index (χ0) is 28.6. The largest absolute Gasteiger partial charge is 0.497 e. The molecule has 3 aromatic rings. The Morgan fingerprint density at radius 3 is 2.08 bits per heavy atom. The Hall–Kier alpha value is -3.85. The molecule has 39 heavy (non-hydrogen) atoms. The smallest absolute Gasteiger partial charge is 0.264 e. The molecule has 0 bridgehead atoms. The topological polar surface area (TPSA) is 96.0 Å². The first-order chi connectivity index (χ1) is 18.5. The molecular weight excluding hydrogens is 514 g/mol. The van der Waals surface area contributed by atoms with Gasteiger partial charge in [0.1, 0.15) is 18.3 Å². The van der Waals surface area contributed by atoms with Crippen molar-refractivity contribution in [2.24, 2.45) is 0 Å². The first-order valence-electron chi connectivity index (χ1n) is 12.9. The zero-order valence-electron chi connectivity index (χ0n) is 23.1. The zero-order valence-corrected chi connectivity index (χ0v) is 23.9. The quantitative estimate of drug-likeness (QED) is 0.364. The molecule has 9 heteroatoms. The van der Waals surface area contributed by atoms with E-state index >= 15 is 0 Å².